The van der Waals surface area contributed by atoms with Crippen LogP contribution in [-0.4, -0.2) is 31.7 Å². The zero-order valence-corrected chi connectivity index (χ0v) is 19.6. The molecule has 0 amide bonds. The highest BCUT2D eigenvalue weighted by molar-refractivity contribution is 5.76. The number of fused-ring (bicyclic) bond motifs is 1. The van der Waals surface area contributed by atoms with Crippen molar-refractivity contribution in [2.45, 2.75) is 76.3 Å². The fourth-order valence-corrected chi connectivity index (χ4v) is 5.61. The standard InChI is InChI=1S/C27H32N4O3/c1-17(18-7-3-2-4-8-18)23-15-20-16-28-27(29-21-13-11-19(12-14-21)26(33)34)30-24(20)31(25(23)32)22-9-5-6-10-22/h2-4,7-8,15-17,19,21-22H,5-6,9-14H2,1H3,(H,33,34)(H,28,29,30). The van der Waals surface area contributed by atoms with E-state index in [0.717, 1.165) is 55.0 Å². The van der Waals surface area contributed by atoms with Gasteiger partial charge < -0.3 is 10.4 Å². The lowest BCUT2D eigenvalue weighted by atomic mass is 9.86. The average molecular weight is 461 g/mol. The average Bonchev–Trinajstić information content (AvgIpc) is 3.38. The Kier molecular flexibility index (Phi) is 6.35. The molecule has 7 heteroatoms. The van der Waals surface area contributed by atoms with Crippen LogP contribution >= 0.6 is 0 Å². The van der Waals surface area contributed by atoms with Crippen molar-refractivity contribution in [3.8, 4) is 0 Å². The van der Waals surface area contributed by atoms with Crippen molar-refractivity contribution in [1.82, 2.24) is 14.5 Å². The Hall–Kier alpha value is -3.22. The summed E-state index contributed by atoms with van der Waals surface area (Å²) in [6, 6.07) is 12.4. The van der Waals surface area contributed by atoms with Crippen LogP contribution < -0.4 is 10.9 Å². The molecule has 0 bridgehead atoms. The van der Waals surface area contributed by atoms with E-state index >= 15 is 0 Å². The van der Waals surface area contributed by atoms with Gasteiger partial charge >= 0.3 is 5.97 Å². The SMILES string of the molecule is CC(c1ccccc1)c1cc2cnc(NC3CCC(C(=O)O)CC3)nc2n(C2CCCC2)c1=O. The van der Waals surface area contributed by atoms with Gasteiger partial charge in [0.2, 0.25) is 5.95 Å². The molecule has 1 atom stereocenters. The van der Waals surface area contributed by atoms with E-state index < -0.39 is 5.97 Å². The summed E-state index contributed by atoms with van der Waals surface area (Å²) in [7, 11) is 0. The van der Waals surface area contributed by atoms with Gasteiger partial charge in [0.25, 0.3) is 5.56 Å². The number of nitrogens with zero attached hydrogens (tertiary/aromatic N) is 3. The predicted octanol–water partition coefficient (Wildman–Crippen LogP) is 5.11. The molecule has 2 saturated carbocycles. The highest BCUT2D eigenvalue weighted by Crippen LogP contribution is 2.33. The number of rotatable bonds is 6. The van der Waals surface area contributed by atoms with Crippen LogP contribution in [0.5, 0.6) is 0 Å². The monoisotopic (exact) mass is 460 g/mol. The van der Waals surface area contributed by atoms with E-state index in [2.05, 4.69) is 29.4 Å². The Labute approximate surface area is 199 Å². The van der Waals surface area contributed by atoms with Crippen LogP contribution in [0.3, 0.4) is 0 Å². The number of pyridine rings is 1. The number of anilines is 1. The van der Waals surface area contributed by atoms with E-state index in [1.807, 2.05) is 35.0 Å². The second-order valence-electron chi connectivity index (χ2n) is 9.85. The molecule has 2 fully saturated rings. The second kappa shape index (κ2) is 9.57. The molecule has 2 aliphatic carbocycles. The largest absolute Gasteiger partial charge is 0.481 e. The topological polar surface area (TPSA) is 97.1 Å². The van der Waals surface area contributed by atoms with E-state index in [1.54, 1.807) is 0 Å². The zero-order chi connectivity index (χ0) is 23.7. The van der Waals surface area contributed by atoms with Crippen molar-refractivity contribution in [3.05, 3.63) is 64.1 Å². The number of hydrogen-bond acceptors (Lipinski definition) is 5. The number of aliphatic carboxylic acids is 1. The van der Waals surface area contributed by atoms with Gasteiger partial charge in [0.05, 0.1) is 5.92 Å². The number of benzene rings is 1. The van der Waals surface area contributed by atoms with Crippen LogP contribution in [0.25, 0.3) is 11.0 Å². The minimum Gasteiger partial charge on any atom is -0.481 e. The molecule has 2 aromatic heterocycles. The second-order valence-corrected chi connectivity index (χ2v) is 9.85. The lowest BCUT2D eigenvalue weighted by Crippen LogP contribution is -2.31. The van der Waals surface area contributed by atoms with Crippen LogP contribution in [0, 0.1) is 5.92 Å². The lowest BCUT2D eigenvalue weighted by molar-refractivity contribution is -0.142. The van der Waals surface area contributed by atoms with Crippen molar-refractivity contribution in [2.75, 3.05) is 5.32 Å². The van der Waals surface area contributed by atoms with Crippen LogP contribution in [0.1, 0.15) is 81.4 Å². The summed E-state index contributed by atoms with van der Waals surface area (Å²) in [6.45, 7) is 2.08. The van der Waals surface area contributed by atoms with Crippen LogP contribution in [-0.2, 0) is 4.79 Å². The van der Waals surface area contributed by atoms with Gasteiger partial charge in [-0.15, -0.1) is 0 Å². The smallest absolute Gasteiger partial charge is 0.306 e. The van der Waals surface area contributed by atoms with Gasteiger partial charge in [0.15, 0.2) is 0 Å². The van der Waals surface area contributed by atoms with Crippen LogP contribution in [0.15, 0.2) is 47.4 Å². The Morgan fingerprint density at radius 3 is 2.47 bits per heavy atom. The van der Waals surface area contributed by atoms with Gasteiger partial charge in [0.1, 0.15) is 5.65 Å². The molecule has 7 nitrogen and oxygen atoms in total. The van der Waals surface area contributed by atoms with E-state index in [0.29, 0.717) is 24.4 Å². The molecular weight excluding hydrogens is 428 g/mol. The van der Waals surface area contributed by atoms with Gasteiger partial charge in [-0.25, -0.2) is 4.98 Å². The van der Waals surface area contributed by atoms with Gasteiger partial charge in [-0.3, -0.25) is 14.2 Å². The molecule has 5 rings (SSSR count). The van der Waals surface area contributed by atoms with Crippen molar-refractivity contribution in [3.63, 3.8) is 0 Å². The molecule has 2 aliphatic rings. The predicted molar refractivity (Wildman–Crippen MR) is 132 cm³/mol. The third-order valence-electron chi connectivity index (χ3n) is 7.67. The lowest BCUT2D eigenvalue weighted by Gasteiger charge is -2.27. The Balaban J connectivity index is 1.50. The maximum Gasteiger partial charge on any atom is 0.306 e. The molecule has 2 heterocycles. The van der Waals surface area contributed by atoms with Gasteiger partial charge in [0, 0.05) is 35.1 Å². The molecule has 2 N–H and O–H groups in total. The first-order valence-corrected chi connectivity index (χ1v) is 12.5. The maximum atomic E-state index is 13.8. The number of carboxylic acid groups (broad SMARTS) is 1. The fourth-order valence-electron chi connectivity index (χ4n) is 5.61. The first-order valence-electron chi connectivity index (χ1n) is 12.5. The molecule has 3 aromatic rings. The number of carbonyl (C=O) groups is 1. The summed E-state index contributed by atoms with van der Waals surface area (Å²) in [5, 5.41) is 13.5. The molecule has 0 saturated heterocycles. The maximum absolute atomic E-state index is 13.8. The summed E-state index contributed by atoms with van der Waals surface area (Å²) in [5.74, 6) is -0.469. The van der Waals surface area contributed by atoms with Crippen molar-refractivity contribution in [1.29, 1.82) is 0 Å². The number of hydrogen-bond donors (Lipinski definition) is 2. The molecule has 1 unspecified atom stereocenters. The fraction of sp³-hybridized carbons (Fsp3) is 0.481. The molecule has 1 aromatic carbocycles. The molecule has 0 radical (unpaired) electrons. The van der Waals surface area contributed by atoms with Crippen molar-refractivity contribution >= 4 is 23.0 Å². The zero-order valence-electron chi connectivity index (χ0n) is 19.6. The number of nitrogens with one attached hydrogen (secondary N) is 1. The highest BCUT2D eigenvalue weighted by atomic mass is 16.4. The Bertz CT molecular complexity index is 1230. The van der Waals surface area contributed by atoms with Crippen LogP contribution in [0.2, 0.25) is 0 Å². The van der Waals surface area contributed by atoms with E-state index in [1.165, 1.54) is 0 Å². The third kappa shape index (κ3) is 4.43. The normalized spacial score (nSPS) is 22.0. The quantitative estimate of drug-likeness (QED) is 0.530. The molecular formula is C27H32N4O3. The summed E-state index contributed by atoms with van der Waals surface area (Å²) in [5.41, 5.74) is 2.63. The molecule has 34 heavy (non-hydrogen) atoms. The first kappa shape index (κ1) is 22.6. The summed E-state index contributed by atoms with van der Waals surface area (Å²) in [4.78, 5) is 34.5. The third-order valence-corrected chi connectivity index (χ3v) is 7.67. The van der Waals surface area contributed by atoms with Crippen molar-refractivity contribution in [2.24, 2.45) is 5.92 Å². The first-order chi connectivity index (χ1) is 16.5. The summed E-state index contributed by atoms with van der Waals surface area (Å²) in [6.07, 6.45) is 8.93. The number of carboxylic acids is 1. The Morgan fingerprint density at radius 1 is 1.09 bits per heavy atom. The molecule has 178 valence electrons. The number of aromatic nitrogens is 3. The van der Waals surface area contributed by atoms with Crippen molar-refractivity contribution < 1.29 is 9.90 Å². The summed E-state index contributed by atoms with van der Waals surface area (Å²) >= 11 is 0. The van der Waals surface area contributed by atoms with Gasteiger partial charge in [-0.05, 0) is 50.2 Å². The minimum atomic E-state index is -0.707. The van der Waals surface area contributed by atoms with E-state index in [-0.39, 0.29) is 29.5 Å². The van der Waals surface area contributed by atoms with Crippen LogP contribution in [0.4, 0.5) is 5.95 Å². The summed E-state index contributed by atoms with van der Waals surface area (Å²) < 4.78 is 1.92. The van der Waals surface area contributed by atoms with E-state index in [4.69, 9.17) is 4.98 Å². The van der Waals surface area contributed by atoms with Gasteiger partial charge in [-0.2, -0.15) is 4.98 Å². The highest BCUT2D eigenvalue weighted by Gasteiger charge is 2.27. The van der Waals surface area contributed by atoms with Gasteiger partial charge in [-0.1, -0.05) is 50.1 Å². The minimum absolute atomic E-state index is 0.0204. The Morgan fingerprint density at radius 2 is 1.79 bits per heavy atom. The molecule has 0 aliphatic heterocycles. The van der Waals surface area contributed by atoms with E-state index in [9.17, 15) is 14.7 Å². The molecule has 0 spiro atoms.